The minimum Gasteiger partial charge on any atom is -0.352 e. The van der Waals surface area contributed by atoms with E-state index in [4.69, 9.17) is 0 Å². The average Bonchev–Trinajstić information content (AvgIpc) is 3.35. The molecule has 3 atom stereocenters. The number of anilines is 1. The van der Waals surface area contributed by atoms with Gasteiger partial charge in [0.15, 0.2) is 0 Å². The molecule has 0 aliphatic carbocycles. The lowest BCUT2D eigenvalue weighted by molar-refractivity contribution is -0.137. The van der Waals surface area contributed by atoms with E-state index in [0.717, 1.165) is 42.6 Å². The molecule has 2 fully saturated rings. The summed E-state index contributed by atoms with van der Waals surface area (Å²) in [7, 11) is 0. The molecule has 27 heavy (non-hydrogen) atoms. The summed E-state index contributed by atoms with van der Waals surface area (Å²) in [5.74, 6) is -0.441. The van der Waals surface area contributed by atoms with E-state index in [1.165, 1.54) is 0 Å². The van der Waals surface area contributed by atoms with Gasteiger partial charge in [-0.1, -0.05) is 48.5 Å². The van der Waals surface area contributed by atoms with Crippen molar-refractivity contribution in [3.63, 3.8) is 0 Å². The van der Waals surface area contributed by atoms with Crippen LogP contribution in [0, 0.1) is 5.92 Å². The minimum absolute atomic E-state index is 0.0277. The van der Waals surface area contributed by atoms with Crippen LogP contribution < -0.4 is 10.6 Å². The predicted octanol–water partition coefficient (Wildman–Crippen LogP) is 2.63. The van der Waals surface area contributed by atoms with Gasteiger partial charge in [-0.25, -0.2) is 0 Å². The van der Waals surface area contributed by atoms with E-state index >= 15 is 0 Å². The molecule has 2 aromatic rings. The fraction of sp³-hybridized carbons (Fsp3) is 0.364. The fourth-order valence-electron chi connectivity index (χ4n) is 5.29. The van der Waals surface area contributed by atoms with Crippen molar-refractivity contribution in [2.45, 2.75) is 37.4 Å². The molecule has 2 saturated heterocycles. The van der Waals surface area contributed by atoms with Gasteiger partial charge in [-0.3, -0.25) is 14.5 Å². The van der Waals surface area contributed by atoms with Crippen molar-refractivity contribution in [3.8, 4) is 0 Å². The van der Waals surface area contributed by atoms with E-state index in [1.54, 1.807) is 0 Å². The Labute approximate surface area is 158 Å². The summed E-state index contributed by atoms with van der Waals surface area (Å²) in [6.45, 7) is 1.36. The van der Waals surface area contributed by atoms with Gasteiger partial charge in [0.1, 0.15) is 5.54 Å². The van der Waals surface area contributed by atoms with Gasteiger partial charge in [0, 0.05) is 23.8 Å². The summed E-state index contributed by atoms with van der Waals surface area (Å²) in [6.07, 6.45) is 2.88. The van der Waals surface area contributed by atoms with E-state index in [0.29, 0.717) is 12.6 Å². The third kappa shape index (κ3) is 2.34. The second-order valence-corrected chi connectivity index (χ2v) is 7.75. The number of benzene rings is 2. The molecule has 3 aliphatic rings. The topological polar surface area (TPSA) is 61.4 Å². The van der Waals surface area contributed by atoms with Crippen molar-refractivity contribution in [1.82, 2.24) is 10.2 Å². The van der Waals surface area contributed by atoms with Crippen molar-refractivity contribution in [1.29, 1.82) is 0 Å². The third-order valence-corrected chi connectivity index (χ3v) is 6.40. The summed E-state index contributed by atoms with van der Waals surface area (Å²) in [6, 6.07) is 18.0. The molecule has 2 N–H and O–H groups in total. The zero-order valence-corrected chi connectivity index (χ0v) is 15.2. The number of hydrogen-bond acceptors (Lipinski definition) is 3. The van der Waals surface area contributed by atoms with Crippen LogP contribution in [0.3, 0.4) is 0 Å². The molecule has 2 amide bonds. The number of hydrogen-bond donors (Lipinski definition) is 2. The van der Waals surface area contributed by atoms with Crippen LogP contribution >= 0.6 is 0 Å². The van der Waals surface area contributed by atoms with E-state index in [2.05, 4.69) is 15.5 Å². The highest BCUT2D eigenvalue weighted by atomic mass is 16.2. The molecular formula is C22H23N3O2. The molecule has 0 bridgehead atoms. The molecule has 0 saturated carbocycles. The maximum absolute atomic E-state index is 13.3. The zero-order valence-electron chi connectivity index (χ0n) is 15.2. The highest BCUT2D eigenvalue weighted by Crippen LogP contribution is 2.55. The number of para-hydroxylation sites is 1. The van der Waals surface area contributed by atoms with Crippen molar-refractivity contribution in [2.75, 3.05) is 11.9 Å². The monoisotopic (exact) mass is 361 g/mol. The van der Waals surface area contributed by atoms with Gasteiger partial charge in [0.25, 0.3) is 0 Å². The summed E-state index contributed by atoms with van der Waals surface area (Å²) < 4.78 is 0. The van der Waals surface area contributed by atoms with Crippen LogP contribution in [0.5, 0.6) is 0 Å². The smallest absolute Gasteiger partial charge is 0.250 e. The predicted molar refractivity (Wildman–Crippen MR) is 103 cm³/mol. The Kier molecular flexibility index (Phi) is 3.79. The fourth-order valence-corrected chi connectivity index (χ4v) is 5.29. The van der Waals surface area contributed by atoms with Crippen LogP contribution in [0.1, 0.15) is 30.4 Å². The van der Waals surface area contributed by atoms with Crippen LogP contribution in [0.15, 0.2) is 54.6 Å². The van der Waals surface area contributed by atoms with Crippen LogP contribution in [0.2, 0.25) is 0 Å². The first-order chi connectivity index (χ1) is 13.2. The van der Waals surface area contributed by atoms with E-state index in [1.807, 2.05) is 54.6 Å². The number of rotatable bonds is 3. The first kappa shape index (κ1) is 16.5. The lowest BCUT2D eigenvalue weighted by Crippen LogP contribution is -2.54. The Hall–Kier alpha value is -2.66. The highest BCUT2D eigenvalue weighted by Gasteiger charge is 2.65. The Morgan fingerprint density at radius 1 is 1.15 bits per heavy atom. The molecule has 5 rings (SSSR count). The second-order valence-electron chi connectivity index (χ2n) is 7.75. The number of carbonyl (C=O) groups excluding carboxylic acids is 2. The molecule has 1 spiro atoms. The zero-order chi connectivity index (χ0) is 18.4. The summed E-state index contributed by atoms with van der Waals surface area (Å²) in [5.41, 5.74) is 2.00. The van der Waals surface area contributed by atoms with Gasteiger partial charge in [0.05, 0.1) is 5.92 Å². The second kappa shape index (κ2) is 6.20. The third-order valence-electron chi connectivity index (χ3n) is 6.40. The van der Waals surface area contributed by atoms with Crippen molar-refractivity contribution in [3.05, 3.63) is 65.7 Å². The SMILES string of the molecule is O=C(NCc1ccccc1)[C@@H]1C[C@H]2CCCN2[C@]12C(=O)Nc1ccccc12. The molecular weight excluding hydrogens is 338 g/mol. The molecule has 138 valence electrons. The molecule has 2 aromatic carbocycles. The number of nitrogens with one attached hydrogen (secondary N) is 2. The molecule has 5 heteroatoms. The number of fused-ring (bicyclic) bond motifs is 4. The van der Waals surface area contributed by atoms with Crippen molar-refractivity contribution in [2.24, 2.45) is 5.92 Å². The van der Waals surface area contributed by atoms with Crippen LogP contribution in [0.4, 0.5) is 5.69 Å². The maximum Gasteiger partial charge on any atom is 0.250 e. The van der Waals surface area contributed by atoms with E-state index < -0.39 is 5.54 Å². The Morgan fingerprint density at radius 3 is 2.78 bits per heavy atom. The number of carbonyl (C=O) groups is 2. The lowest BCUT2D eigenvalue weighted by atomic mass is 9.78. The van der Waals surface area contributed by atoms with Gasteiger partial charge in [0.2, 0.25) is 11.8 Å². The Balaban J connectivity index is 1.50. The summed E-state index contributed by atoms with van der Waals surface area (Å²) in [5, 5.41) is 6.13. The Bertz CT molecular complexity index is 897. The van der Waals surface area contributed by atoms with Gasteiger partial charge in [-0.15, -0.1) is 0 Å². The van der Waals surface area contributed by atoms with Gasteiger partial charge in [-0.2, -0.15) is 0 Å². The van der Waals surface area contributed by atoms with Crippen molar-refractivity contribution < 1.29 is 9.59 Å². The molecule has 0 radical (unpaired) electrons. The minimum atomic E-state index is -0.863. The normalized spacial score (nSPS) is 28.8. The highest BCUT2D eigenvalue weighted by molar-refractivity contribution is 6.09. The molecule has 0 aromatic heterocycles. The average molecular weight is 361 g/mol. The van der Waals surface area contributed by atoms with Crippen LogP contribution in [0.25, 0.3) is 0 Å². The molecule has 3 aliphatic heterocycles. The van der Waals surface area contributed by atoms with Crippen LogP contribution in [-0.4, -0.2) is 29.3 Å². The van der Waals surface area contributed by atoms with Gasteiger partial charge in [-0.05, 0) is 37.4 Å². The molecule has 3 heterocycles. The van der Waals surface area contributed by atoms with Crippen LogP contribution in [-0.2, 0) is 21.7 Å². The summed E-state index contributed by atoms with van der Waals surface area (Å²) >= 11 is 0. The van der Waals surface area contributed by atoms with Gasteiger partial charge >= 0.3 is 0 Å². The summed E-state index contributed by atoms with van der Waals surface area (Å²) in [4.78, 5) is 28.8. The number of nitrogens with zero attached hydrogens (tertiary/aromatic N) is 1. The Morgan fingerprint density at radius 2 is 1.93 bits per heavy atom. The van der Waals surface area contributed by atoms with Gasteiger partial charge < -0.3 is 10.6 Å². The lowest BCUT2D eigenvalue weighted by Gasteiger charge is -2.36. The first-order valence-electron chi connectivity index (χ1n) is 9.70. The van der Waals surface area contributed by atoms with E-state index in [-0.39, 0.29) is 17.7 Å². The van der Waals surface area contributed by atoms with Crippen molar-refractivity contribution >= 4 is 17.5 Å². The maximum atomic E-state index is 13.3. The molecule has 0 unspecified atom stereocenters. The molecule has 5 nitrogen and oxygen atoms in total. The standard InChI is InChI=1S/C22H23N3O2/c26-20(23-14-15-7-2-1-3-8-15)18-13-16-9-6-12-25(16)22(18)17-10-4-5-11-19(17)24-21(22)27/h1-5,7-8,10-11,16,18H,6,9,12-14H2,(H,23,26)(H,24,27)/t16-,18+,22+/m1/s1. The largest absolute Gasteiger partial charge is 0.352 e. The number of amides is 2. The first-order valence-corrected chi connectivity index (χ1v) is 9.70. The van der Waals surface area contributed by atoms with E-state index in [9.17, 15) is 9.59 Å². The quantitative estimate of drug-likeness (QED) is 0.884.